The molecule has 5 atom stereocenters. The van der Waals surface area contributed by atoms with Gasteiger partial charge in [0.15, 0.2) is 6.29 Å². The Bertz CT molecular complexity index is 508. The van der Waals surface area contributed by atoms with E-state index in [0.717, 1.165) is 0 Å². The average molecular weight is 357 g/mol. The summed E-state index contributed by atoms with van der Waals surface area (Å²) in [7, 11) is -9.33. The fourth-order valence-electron chi connectivity index (χ4n) is 1.40. The zero-order valence-corrected chi connectivity index (χ0v) is 11.7. The molecule has 0 amide bonds. The second kappa shape index (κ2) is 7.70. The van der Waals surface area contributed by atoms with E-state index in [9.17, 15) is 23.7 Å². The number of aliphatic hydroxyl groups excluding tert-OH is 4. The number of hydrogen-bond acceptors (Lipinski definition) is 9. The van der Waals surface area contributed by atoms with Crippen molar-refractivity contribution in [2.75, 3.05) is 6.61 Å². The van der Waals surface area contributed by atoms with E-state index in [2.05, 4.69) is 4.74 Å². The first kappa shape index (κ1) is 20.5. The quantitative estimate of drug-likeness (QED) is 0.223. The van der Waals surface area contributed by atoms with Crippen LogP contribution in [-0.4, -0.2) is 88.2 Å². The fourth-order valence-corrected chi connectivity index (χ4v) is 2.00. The predicted octanol–water partition coefficient (Wildman–Crippen LogP) is -4.47. The van der Waals surface area contributed by atoms with Gasteiger partial charge in [0.2, 0.25) is 0 Å². The van der Waals surface area contributed by atoms with E-state index < -0.39 is 58.0 Å². The minimum Gasteiger partial charge on any atom is -0.394 e. The summed E-state index contributed by atoms with van der Waals surface area (Å²) < 4.78 is 67.1. The molecular formula is C6H15NO12S2. The predicted molar refractivity (Wildman–Crippen MR) is 62.6 cm³/mol. The van der Waals surface area contributed by atoms with E-state index in [4.69, 9.17) is 27.2 Å². The maximum Gasteiger partial charge on any atom is 0.394 e. The van der Waals surface area contributed by atoms with Gasteiger partial charge in [0.1, 0.15) is 24.4 Å². The van der Waals surface area contributed by atoms with Crippen LogP contribution in [0.15, 0.2) is 0 Å². The molecule has 1 unspecified atom stereocenters. The maximum atomic E-state index is 10.5. The molecule has 0 aliphatic carbocycles. The van der Waals surface area contributed by atoms with Crippen molar-refractivity contribution in [1.29, 1.82) is 0 Å². The Morgan fingerprint density at radius 2 is 1.38 bits per heavy atom. The van der Waals surface area contributed by atoms with Crippen molar-refractivity contribution in [3.8, 4) is 0 Å². The van der Waals surface area contributed by atoms with E-state index in [1.54, 1.807) is 0 Å². The highest BCUT2D eigenvalue weighted by molar-refractivity contribution is 7.83. The molecule has 1 rings (SSSR count). The van der Waals surface area contributed by atoms with Crippen LogP contribution in [-0.2, 0) is 25.4 Å². The first-order valence-electron chi connectivity index (χ1n) is 5.01. The Labute approximate surface area is 119 Å². The van der Waals surface area contributed by atoms with Gasteiger partial charge >= 0.3 is 20.7 Å². The first-order chi connectivity index (χ1) is 9.26. The van der Waals surface area contributed by atoms with Gasteiger partial charge in [0.05, 0.1) is 6.61 Å². The van der Waals surface area contributed by atoms with Crippen molar-refractivity contribution >= 4 is 20.7 Å². The lowest BCUT2D eigenvalue weighted by Gasteiger charge is -2.39. The Kier molecular flexibility index (Phi) is 7.53. The summed E-state index contributed by atoms with van der Waals surface area (Å²) in [5, 5.41) is 36.8. The van der Waals surface area contributed by atoms with Crippen molar-refractivity contribution in [1.82, 2.24) is 4.72 Å². The van der Waals surface area contributed by atoms with E-state index in [1.165, 1.54) is 4.72 Å². The normalized spacial score (nSPS) is 34.0. The van der Waals surface area contributed by atoms with Gasteiger partial charge in [-0.2, -0.15) is 21.6 Å². The molecule has 1 aliphatic rings. The van der Waals surface area contributed by atoms with Crippen LogP contribution in [0.25, 0.3) is 0 Å². The smallest absolute Gasteiger partial charge is 0.394 e. The number of nitrogens with one attached hydrogen (secondary N) is 1. The highest BCUT2D eigenvalue weighted by Gasteiger charge is 2.44. The van der Waals surface area contributed by atoms with Gasteiger partial charge in [-0.25, -0.2) is 0 Å². The molecule has 1 saturated heterocycles. The van der Waals surface area contributed by atoms with Gasteiger partial charge in [0, 0.05) is 0 Å². The van der Waals surface area contributed by atoms with Crippen LogP contribution in [0.4, 0.5) is 0 Å². The third kappa shape index (κ3) is 8.53. The molecule has 0 radical (unpaired) electrons. The summed E-state index contributed by atoms with van der Waals surface area (Å²) in [6, 6.07) is -1.62. The largest absolute Gasteiger partial charge is 0.394 e. The maximum absolute atomic E-state index is 10.5. The fraction of sp³-hybridized carbons (Fsp3) is 1.00. The number of ether oxygens (including phenoxy) is 1. The standard InChI is InChI=1S/C6H13NO8S.H2O4S/c8-1-2-4(9)5(10)3(6(11)15-2)7-16(12,13)14;1-5(2,3)4/h2-11H,1H2,(H,12,13,14);(H2,1,2,3,4)/t2-,3-,4-,5-,6?;/m1./s1. The SMILES string of the molecule is O=S(=O)(O)N[C@H]1C(O)O[C@H](CO)[C@@H](O)[C@@H]1O.O=S(=O)(O)O. The van der Waals surface area contributed by atoms with Crippen molar-refractivity contribution in [3.05, 3.63) is 0 Å². The molecule has 0 aromatic carbocycles. The molecule has 0 aromatic rings. The summed E-state index contributed by atoms with van der Waals surface area (Å²) in [4.78, 5) is 0. The third-order valence-corrected chi connectivity index (χ3v) is 2.76. The van der Waals surface area contributed by atoms with Gasteiger partial charge in [-0.15, -0.1) is 0 Å². The lowest BCUT2D eigenvalue weighted by atomic mass is 9.98. The van der Waals surface area contributed by atoms with Crippen molar-refractivity contribution in [2.45, 2.75) is 30.6 Å². The molecule has 8 N–H and O–H groups in total. The Hall–Kier alpha value is -0.460. The zero-order chi connectivity index (χ0) is 17.0. The second-order valence-corrected chi connectivity index (χ2v) is 5.88. The second-order valence-electron chi connectivity index (χ2n) is 3.80. The topological polar surface area (TPSA) is 231 Å². The van der Waals surface area contributed by atoms with Crippen LogP contribution in [0.3, 0.4) is 0 Å². The number of aliphatic hydroxyl groups is 4. The minimum atomic E-state index is -4.67. The summed E-state index contributed by atoms with van der Waals surface area (Å²) in [5.74, 6) is 0. The molecule has 1 fully saturated rings. The lowest BCUT2D eigenvalue weighted by molar-refractivity contribution is -0.251. The van der Waals surface area contributed by atoms with Gasteiger partial charge in [-0.1, -0.05) is 0 Å². The number of rotatable bonds is 3. The Morgan fingerprint density at radius 3 is 1.71 bits per heavy atom. The lowest BCUT2D eigenvalue weighted by Crippen LogP contribution is -2.64. The molecule has 1 aliphatic heterocycles. The van der Waals surface area contributed by atoms with Crippen LogP contribution in [0, 0.1) is 0 Å². The molecule has 0 aromatic heterocycles. The summed E-state index contributed by atoms with van der Waals surface area (Å²) in [6.07, 6.45) is -6.34. The van der Waals surface area contributed by atoms with Crippen LogP contribution in [0.2, 0.25) is 0 Å². The summed E-state index contributed by atoms with van der Waals surface area (Å²) in [5.41, 5.74) is 0. The van der Waals surface area contributed by atoms with Gasteiger partial charge in [-0.05, 0) is 0 Å². The minimum absolute atomic E-state index is 0.659. The third-order valence-electron chi connectivity index (χ3n) is 2.19. The van der Waals surface area contributed by atoms with Gasteiger partial charge < -0.3 is 25.2 Å². The molecule has 1 heterocycles. The van der Waals surface area contributed by atoms with E-state index in [1.807, 2.05) is 0 Å². The summed E-state index contributed by atoms with van der Waals surface area (Å²) >= 11 is 0. The Morgan fingerprint density at radius 1 is 0.952 bits per heavy atom. The molecule has 0 bridgehead atoms. The summed E-state index contributed by atoms with van der Waals surface area (Å²) in [6.45, 7) is -0.659. The van der Waals surface area contributed by atoms with Crippen LogP contribution < -0.4 is 4.72 Å². The molecule has 15 heteroatoms. The Balaban J connectivity index is 0.000000690. The van der Waals surface area contributed by atoms with Gasteiger partial charge in [-0.3, -0.25) is 13.7 Å². The molecule has 0 saturated carbocycles. The van der Waals surface area contributed by atoms with E-state index in [-0.39, 0.29) is 0 Å². The van der Waals surface area contributed by atoms with Crippen molar-refractivity contribution in [3.63, 3.8) is 0 Å². The molecule has 21 heavy (non-hydrogen) atoms. The average Bonchev–Trinajstić information content (AvgIpc) is 2.26. The first-order valence-corrected chi connectivity index (χ1v) is 7.85. The molecule has 13 nitrogen and oxygen atoms in total. The zero-order valence-electron chi connectivity index (χ0n) is 10.1. The van der Waals surface area contributed by atoms with E-state index >= 15 is 0 Å². The highest BCUT2D eigenvalue weighted by Crippen LogP contribution is 2.19. The van der Waals surface area contributed by atoms with E-state index in [0.29, 0.717) is 0 Å². The van der Waals surface area contributed by atoms with Crippen molar-refractivity contribution < 1.29 is 55.7 Å². The molecular weight excluding hydrogens is 342 g/mol. The van der Waals surface area contributed by atoms with Crippen LogP contribution >= 0.6 is 0 Å². The number of hydrogen-bond donors (Lipinski definition) is 8. The molecule has 128 valence electrons. The van der Waals surface area contributed by atoms with Gasteiger partial charge in [0.25, 0.3) is 0 Å². The van der Waals surface area contributed by atoms with Crippen molar-refractivity contribution in [2.24, 2.45) is 0 Å². The monoisotopic (exact) mass is 357 g/mol. The van der Waals surface area contributed by atoms with Crippen LogP contribution in [0.1, 0.15) is 0 Å². The highest BCUT2D eigenvalue weighted by atomic mass is 32.3. The van der Waals surface area contributed by atoms with Crippen LogP contribution in [0.5, 0.6) is 0 Å². The molecule has 0 spiro atoms.